The van der Waals surface area contributed by atoms with Crippen molar-refractivity contribution in [2.75, 3.05) is 33.8 Å². The minimum absolute atomic E-state index is 0.000283. The van der Waals surface area contributed by atoms with Crippen molar-refractivity contribution < 1.29 is 42.4 Å². The number of pyridine rings is 1. The van der Waals surface area contributed by atoms with Gasteiger partial charge in [0.1, 0.15) is 28.4 Å². The van der Waals surface area contributed by atoms with Crippen molar-refractivity contribution in [1.29, 1.82) is 0 Å². The molecule has 4 aromatic carbocycles. The van der Waals surface area contributed by atoms with Gasteiger partial charge < -0.3 is 33.9 Å². The molecule has 0 spiro atoms. The summed E-state index contributed by atoms with van der Waals surface area (Å²) in [6.45, 7) is 0.608. The number of nitrogens with one attached hydrogen (secondary N) is 1. The molecule has 15 nitrogen and oxygen atoms in total. The Labute approximate surface area is 360 Å². The van der Waals surface area contributed by atoms with Gasteiger partial charge in [0.2, 0.25) is 0 Å². The second-order valence-electron chi connectivity index (χ2n) is 12.9. The molecule has 0 unspecified atom stereocenters. The number of carboxylic acid groups (broad SMARTS) is 1. The maximum Gasteiger partial charge on any atom is 0.337 e. The van der Waals surface area contributed by atoms with Crippen LogP contribution in [0.15, 0.2) is 98.2 Å². The van der Waals surface area contributed by atoms with Crippen LogP contribution in [-0.2, 0) is 6.54 Å². The summed E-state index contributed by atoms with van der Waals surface area (Å²) in [7, 11) is 5.49. The standard InChI is InChI=1S/C26H20ClFN6O3.C17H12ClFN2O4/c1-36-18-11-19(37-2)23(28)21(22(18)27)16-4-5-17(25-24(16)30-7-8-31-25)26(35)33-20-6-3-15(12-32-20)13-34-10-9-29-14-34;1-24-10-7-11(25-2)14(19)12(13(10)18)8-3-4-9(17(22)23)16-15(8)20-5-6-21-16/h3-12,14H,13H2,1-2H3,(H,32,33,35);3-7H,1-2H3,(H,22,23). The molecule has 0 aliphatic heterocycles. The first-order valence-electron chi connectivity index (χ1n) is 18.1. The number of imidazole rings is 1. The van der Waals surface area contributed by atoms with E-state index in [4.69, 9.17) is 42.1 Å². The van der Waals surface area contributed by atoms with E-state index in [-0.39, 0.29) is 82.9 Å². The number of nitrogens with zero attached hydrogens (tertiary/aromatic N) is 7. The molecule has 2 N–H and O–H groups in total. The molecule has 0 atom stereocenters. The number of aromatic carboxylic acids is 1. The van der Waals surface area contributed by atoms with Gasteiger partial charge in [0.25, 0.3) is 5.91 Å². The van der Waals surface area contributed by atoms with Crippen LogP contribution < -0.4 is 24.3 Å². The Morgan fingerprint density at radius 3 is 1.61 bits per heavy atom. The second-order valence-corrected chi connectivity index (χ2v) is 13.7. The third-order valence-electron chi connectivity index (χ3n) is 9.40. The summed E-state index contributed by atoms with van der Waals surface area (Å²) in [5.74, 6) is -2.28. The van der Waals surface area contributed by atoms with Gasteiger partial charge in [-0.15, -0.1) is 0 Å². The number of carbonyl (C=O) groups is 2. The van der Waals surface area contributed by atoms with Crippen molar-refractivity contribution in [3.05, 3.63) is 137 Å². The summed E-state index contributed by atoms with van der Waals surface area (Å²) in [5.41, 5.74) is 2.69. The Hall–Kier alpha value is -7.50. The molecule has 314 valence electrons. The van der Waals surface area contributed by atoms with E-state index in [2.05, 4.69) is 35.2 Å². The number of halogens is 4. The lowest BCUT2D eigenvalue weighted by Crippen LogP contribution is -2.14. The van der Waals surface area contributed by atoms with Gasteiger partial charge in [-0.25, -0.2) is 23.5 Å². The predicted octanol–water partition coefficient (Wildman–Crippen LogP) is 8.80. The molecule has 0 fully saturated rings. The fourth-order valence-electron chi connectivity index (χ4n) is 6.48. The van der Waals surface area contributed by atoms with Crippen LogP contribution in [0.2, 0.25) is 10.0 Å². The smallest absolute Gasteiger partial charge is 0.337 e. The van der Waals surface area contributed by atoms with E-state index in [1.165, 1.54) is 83.6 Å². The minimum Gasteiger partial charge on any atom is -0.495 e. The molecule has 4 heterocycles. The molecule has 0 aliphatic carbocycles. The fraction of sp³-hybridized carbons (Fsp3) is 0.116. The quantitative estimate of drug-likeness (QED) is 0.126. The Bertz CT molecular complexity index is 2920. The number of rotatable bonds is 11. The molecule has 0 bridgehead atoms. The lowest BCUT2D eigenvalue weighted by molar-refractivity contribution is 0.0698. The van der Waals surface area contributed by atoms with E-state index in [9.17, 15) is 19.1 Å². The van der Waals surface area contributed by atoms with E-state index in [0.29, 0.717) is 17.9 Å². The largest absolute Gasteiger partial charge is 0.495 e. The third kappa shape index (κ3) is 8.30. The summed E-state index contributed by atoms with van der Waals surface area (Å²) in [4.78, 5) is 49.9. The van der Waals surface area contributed by atoms with E-state index in [0.717, 1.165) is 5.56 Å². The number of methoxy groups -OCH3 is 4. The van der Waals surface area contributed by atoms with Gasteiger partial charge in [-0.2, -0.15) is 0 Å². The van der Waals surface area contributed by atoms with E-state index < -0.39 is 23.5 Å². The van der Waals surface area contributed by atoms with E-state index >= 15 is 4.39 Å². The van der Waals surface area contributed by atoms with Crippen LogP contribution in [0, 0.1) is 11.6 Å². The highest BCUT2D eigenvalue weighted by molar-refractivity contribution is 6.36. The molecule has 8 aromatic rings. The lowest BCUT2D eigenvalue weighted by atomic mass is 9.99. The van der Waals surface area contributed by atoms with Gasteiger partial charge in [0.15, 0.2) is 23.1 Å². The summed E-state index contributed by atoms with van der Waals surface area (Å²) >= 11 is 12.8. The van der Waals surface area contributed by atoms with Crippen LogP contribution >= 0.6 is 23.2 Å². The SMILES string of the molecule is COc1cc(OC)c(Cl)c(-c2ccc(C(=O)Nc3ccc(Cn4ccnc4)cn3)c3nccnc23)c1F.COc1cc(OC)c(Cl)c(-c2ccc(C(=O)O)c3nccnc23)c1F. The molecule has 1 amide bonds. The van der Waals surface area contributed by atoms with Crippen molar-refractivity contribution in [3.8, 4) is 45.3 Å². The van der Waals surface area contributed by atoms with Crippen molar-refractivity contribution in [1.82, 2.24) is 34.5 Å². The Balaban J connectivity index is 0.000000201. The van der Waals surface area contributed by atoms with Crippen LogP contribution in [0.25, 0.3) is 44.3 Å². The first-order chi connectivity index (χ1) is 30.0. The zero-order valence-corrected chi connectivity index (χ0v) is 34.5. The Morgan fingerprint density at radius 2 is 1.16 bits per heavy atom. The molecule has 0 saturated heterocycles. The van der Waals surface area contributed by atoms with Crippen molar-refractivity contribution in [2.24, 2.45) is 0 Å². The molecule has 0 radical (unpaired) electrons. The summed E-state index contributed by atoms with van der Waals surface area (Å²) in [6.07, 6.45) is 12.6. The van der Waals surface area contributed by atoms with E-state index in [1.807, 2.05) is 16.8 Å². The highest BCUT2D eigenvalue weighted by atomic mass is 35.5. The van der Waals surface area contributed by atoms with E-state index in [1.54, 1.807) is 30.9 Å². The van der Waals surface area contributed by atoms with Crippen LogP contribution in [0.4, 0.5) is 14.6 Å². The van der Waals surface area contributed by atoms with Gasteiger partial charge in [0.05, 0.1) is 67.0 Å². The van der Waals surface area contributed by atoms with Gasteiger partial charge >= 0.3 is 5.97 Å². The molecular formula is C43H32Cl2F2N8O7. The number of fused-ring (bicyclic) bond motifs is 2. The number of aromatic nitrogens is 7. The number of benzene rings is 4. The highest BCUT2D eigenvalue weighted by Crippen LogP contribution is 2.45. The van der Waals surface area contributed by atoms with Gasteiger partial charge in [0, 0.05) is 84.3 Å². The predicted molar refractivity (Wildman–Crippen MR) is 227 cm³/mol. The van der Waals surface area contributed by atoms with Crippen LogP contribution in [0.3, 0.4) is 0 Å². The number of hydrogen-bond acceptors (Lipinski definition) is 12. The fourth-order valence-corrected chi connectivity index (χ4v) is 7.12. The van der Waals surface area contributed by atoms with Crippen molar-refractivity contribution >= 4 is 63.0 Å². The number of ether oxygens (including phenoxy) is 4. The van der Waals surface area contributed by atoms with Crippen molar-refractivity contribution in [3.63, 3.8) is 0 Å². The first kappa shape index (κ1) is 42.6. The molecule has 8 rings (SSSR count). The van der Waals surface area contributed by atoms with Crippen LogP contribution in [0.1, 0.15) is 26.3 Å². The molecular weight excluding hydrogens is 849 g/mol. The lowest BCUT2D eigenvalue weighted by Gasteiger charge is -2.15. The Morgan fingerprint density at radius 1 is 0.661 bits per heavy atom. The minimum atomic E-state index is -1.16. The highest BCUT2D eigenvalue weighted by Gasteiger charge is 2.26. The van der Waals surface area contributed by atoms with Crippen molar-refractivity contribution in [2.45, 2.75) is 6.54 Å². The maximum absolute atomic E-state index is 15.4. The first-order valence-corrected chi connectivity index (χ1v) is 18.9. The number of anilines is 1. The molecule has 0 saturated carbocycles. The maximum atomic E-state index is 15.4. The zero-order chi connectivity index (χ0) is 44.1. The number of amides is 1. The van der Waals surface area contributed by atoms with Crippen LogP contribution in [-0.4, -0.2) is 79.9 Å². The topological polar surface area (TPSA) is 186 Å². The summed E-state index contributed by atoms with van der Waals surface area (Å²) < 4.78 is 52.8. The number of carbonyl (C=O) groups excluding carboxylic acids is 1. The monoisotopic (exact) mass is 880 g/mol. The van der Waals surface area contributed by atoms with Gasteiger partial charge in [-0.05, 0) is 23.8 Å². The second kappa shape index (κ2) is 18.4. The molecule has 4 aromatic heterocycles. The van der Waals surface area contributed by atoms with Gasteiger partial charge in [-0.1, -0.05) is 41.4 Å². The molecule has 19 heteroatoms. The molecule has 62 heavy (non-hydrogen) atoms. The summed E-state index contributed by atoms with van der Waals surface area (Å²) in [6, 6.07) is 12.1. The molecule has 0 aliphatic rings. The number of hydrogen-bond donors (Lipinski definition) is 2. The average Bonchev–Trinajstić information content (AvgIpc) is 3.80. The third-order valence-corrected chi connectivity index (χ3v) is 10.2. The Kier molecular flexibility index (Phi) is 12.7. The normalized spacial score (nSPS) is 10.8. The zero-order valence-electron chi connectivity index (χ0n) is 33.0. The number of carboxylic acids is 1. The average molecular weight is 882 g/mol. The van der Waals surface area contributed by atoms with Gasteiger partial charge in [-0.3, -0.25) is 24.7 Å². The van der Waals surface area contributed by atoms with Crippen LogP contribution in [0.5, 0.6) is 23.0 Å². The summed E-state index contributed by atoms with van der Waals surface area (Å²) in [5, 5.41) is 12.2.